The van der Waals surface area contributed by atoms with Gasteiger partial charge in [-0.15, -0.1) is 28.8 Å². The maximum absolute atomic E-state index is 12.2. The smallest absolute Gasteiger partial charge is 0.263 e. The third-order valence-corrected chi connectivity index (χ3v) is 3.74. The highest BCUT2D eigenvalue weighted by molar-refractivity contribution is 7.12. The van der Waals surface area contributed by atoms with Gasteiger partial charge in [0, 0.05) is 12.6 Å². The number of tetrazole rings is 1. The number of thiophene rings is 1. The minimum Gasteiger partial charge on any atom is -0.347 e. The van der Waals surface area contributed by atoms with Crippen molar-refractivity contribution in [1.29, 1.82) is 0 Å². The molecule has 7 nitrogen and oxygen atoms in total. The van der Waals surface area contributed by atoms with Crippen LogP contribution in [0.5, 0.6) is 0 Å². The third-order valence-electron chi connectivity index (χ3n) is 2.84. The summed E-state index contributed by atoms with van der Waals surface area (Å²) in [5.74, 6) is -0.0656. The average molecular weight is 301 g/mol. The number of hydrogen-bond donors (Lipinski definition) is 2. The molecule has 102 valence electrons. The molecule has 1 fully saturated rings. The van der Waals surface area contributed by atoms with Gasteiger partial charge >= 0.3 is 0 Å². The van der Waals surface area contributed by atoms with Crippen LogP contribution in [0.3, 0.4) is 0 Å². The Morgan fingerprint density at radius 2 is 2.47 bits per heavy atom. The van der Waals surface area contributed by atoms with Gasteiger partial charge in [0.15, 0.2) is 0 Å². The second kappa shape index (κ2) is 6.09. The van der Waals surface area contributed by atoms with E-state index >= 15 is 0 Å². The predicted molar refractivity (Wildman–Crippen MR) is 73.0 cm³/mol. The van der Waals surface area contributed by atoms with Crippen molar-refractivity contribution >= 4 is 29.7 Å². The molecule has 19 heavy (non-hydrogen) atoms. The van der Waals surface area contributed by atoms with Crippen molar-refractivity contribution in [2.45, 2.75) is 12.5 Å². The molecule has 1 amide bonds. The van der Waals surface area contributed by atoms with Gasteiger partial charge in [-0.05, 0) is 34.8 Å². The van der Waals surface area contributed by atoms with Crippen molar-refractivity contribution in [3.05, 3.63) is 22.7 Å². The molecule has 2 aromatic heterocycles. The van der Waals surface area contributed by atoms with E-state index in [2.05, 4.69) is 26.2 Å². The quantitative estimate of drug-likeness (QED) is 0.848. The van der Waals surface area contributed by atoms with Gasteiger partial charge in [-0.1, -0.05) is 0 Å². The van der Waals surface area contributed by atoms with Crippen LogP contribution < -0.4 is 10.6 Å². The van der Waals surface area contributed by atoms with E-state index in [-0.39, 0.29) is 24.4 Å². The standard InChI is InChI=1S/C10H12N6OS.ClH/c17-10(13-7-1-3-11-5-7)9-8(2-4-18-9)16-6-12-14-15-16;/h2,4,6-7,11H,1,3,5H2,(H,13,17);1H. The van der Waals surface area contributed by atoms with Crippen LogP contribution >= 0.6 is 23.7 Å². The van der Waals surface area contributed by atoms with Crippen LogP contribution in [0, 0.1) is 0 Å². The maximum atomic E-state index is 12.2. The molecule has 1 aliphatic rings. The number of carbonyl (C=O) groups is 1. The van der Waals surface area contributed by atoms with Gasteiger partial charge in [0.05, 0.1) is 5.69 Å². The number of nitrogens with one attached hydrogen (secondary N) is 2. The van der Waals surface area contributed by atoms with Crippen molar-refractivity contribution < 1.29 is 4.79 Å². The number of amides is 1. The molecule has 0 spiro atoms. The Morgan fingerprint density at radius 1 is 1.58 bits per heavy atom. The van der Waals surface area contributed by atoms with E-state index in [1.807, 2.05) is 11.4 Å². The molecule has 3 heterocycles. The minimum atomic E-state index is -0.0656. The first-order valence-electron chi connectivity index (χ1n) is 5.67. The summed E-state index contributed by atoms with van der Waals surface area (Å²) >= 11 is 1.39. The summed E-state index contributed by atoms with van der Waals surface area (Å²) in [5.41, 5.74) is 0.716. The van der Waals surface area contributed by atoms with E-state index < -0.39 is 0 Å². The number of nitrogens with zero attached hydrogens (tertiary/aromatic N) is 4. The van der Waals surface area contributed by atoms with E-state index in [1.54, 1.807) is 0 Å². The van der Waals surface area contributed by atoms with E-state index in [4.69, 9.17) is 0 Å². The van der Waals surface area contributed by atoms with Crippen molar-refractivity contribution in [1.82, 2.24) is 30.8 Å². The SMILES string of the molecule is Cl.O=C(NC1CCNC1)c1sccc1-n1cnnn1. The zero-order valence-corrected chi connectivity index (χ0v) is 11.6. The summed E-state index contributed by atoms with van der Waals surface area (Å²) < 4.78 is 1.50. The molecule has 3 rings (SSSR count). The number of aromatic nitrogens is 4. The normalized spacial score (nSPS) is 18.0. The van der Waals surface area contributed by atoms with Crippen LogP contribution in [0.2, 0.25) is 0 Å². The average Bonchev–Trinajstić information content (AvgIpc) is 3.11. The Bertz CT molecular complexity index is 536. The molecule has 0 aliphatic carbocycles. The highest BCUT2D eigenvalue weighted by Crippen LogP contribution is 2.20. The van der Waals surface area contributed by atoms with Crippen LogP contribution in [-0.4, -0.2) is 45.2 Å². The van der Waals surface area contributed by atoms with Gasteiger partial charge in [-0.3, -0.25) is 4.79 Å². The molecule has 0 saturated carbocycles. The molecule has 1 atom stereocenters. The lowest BCUT2D eigenvalue weighted by atomic mass is 10.2. The summed E-state index contributed by atoms with van der Waals surface area (Å²) in [7, 11) is 0. The lowest BCUT2D eigenvalue weighted by Crippen LogP contribution is -2.36. The Balaban J connectivity index is 0.00000133. The molecule has 0 aromatic carbocycles. The van der Waals surface area contributed by atoms with Crippen LogP contribution in [0.4, 0.5) is 0 Å². The molecule has 1 unspecified atom stereocenters. The third kappa shape index (κ3) is 2.91. The lowest BCUT2D eigenvalue weighted by Gasteiger charge is -2.11. The van der Waals surface area contributed by atoms with E-state index in [1.165, 1.54) is 22.3 Å². The molecule has 9 heteroatoms. The summed E-state index contributed by atoms with van der Waals surface area (Å²) in [5, 5.41) is 19.0. The second-order valence-corrected chi connectivity index (χ2v) is 4.97. The predicted octanol–water partition coefficient (Wildman–Crippen LogP) is 0.237. The zero-order chi connectivity index (χ0) is 12.4. The zero-order valence-electron chi connectivity index (χ0n) is 9.94. The monoisotopic (exact) mass is 300 g/mol. The van der Waals surface area contributed by atoms with E-state index in [0.717, 1.165) is 19.5 Å². The first-order chi connectivity index (χ1) is 8.84. The van der Waals surface area contributed by atoms with Gasteiger partial charge in [-0.2, -0.15) is 4.68 Å². The first kappa shape index (κ1) is 13.9. The maximum Gasteiger partial charge on any atom is 0.263 e. The molecular formula is C10H13ClN6OS. The van der Waals surface area contributed by atoms with Gasteiger partial charge in [0.2, 0.25) is 0 Å². The van der Waals surface area contributed by atoms with Crippen molar-refractivity contribution in [3.63, 3.8) is 0 Å². The van der Waals surface area contributed by atoms with Crippen LogP contribution in [0.1, 0.15) is 16.1 Å². The summed E-state index contributed by atoms with van der Waals surface area (Å²) in [6.07, 6.45) is 2.45. The fourth-order valence-electron chi connectivity index (χ4n) is 1.95. The lowest BCUT2D eigenvalue weighted by molar-refractivity contribution is 0.0944. The van der Waals surface area contributed by atoms with Crippen LogP contribution in [0.25, 0.3) is 5.69 Å². The van der Waals surface area contributed by atoms with Crippen LogP contribution in [-0.2, 0) is 0 Å². The van der Waals surface area contributed by atoms with E-state index in [0.29, 0.717) is 10.6 Å². The molecular weight excluding hydrogens is 288 g/mol. The highest BCUT2D eigenvalue weighted by Gasteiger charge is 2.21. The molecule has 0 bridgehead atoms. The Kier molecular flexibility index (Phi) is 4.46. The topological polar surface area (TPSA) is 84.7 Å². The minimum absolute atomic E-state index is 0. The summed E-state index contributed by atoms with van der Waals surface area (Å²) in [4.78, 5) is 12.8. The Labute approximate surface area is 119 Å². The Hall–Kier alpha value is -1.51. The number of hydrogen-bond acceptors (Lipinski definition) is 6. The first-order valence-corrected chi connectivity index (χ1v) is 6.55. The summed E-state index contributed by atoms with van der Waals surface area (Å²) in [6, 6.07) is 2.05. The fourth-order valence-corrected chi connectivity index (χ4v) is 2.73. The van der Waals surface area contributed by atoms with Gasteiger partial charge in [0.25, 0.3) is 5.91 Å². The molecule has 2 aromatic rings. The number of rotatable bonds is 3. The molecule has 1 aliphatic heterocycles. The van der Waals surface area contributed by atoms with Crippen molar-refractivity contribution in [3.8, 4) is 5.69 Å². The molecule has 0 radical (unpaired) electrons. The second-order valence-electron chi connectivity index (χ2n) is 4.05. The number of halogens is 1. The van der Waals surface area contributed by atoms with Crippen LogP contribution in [0.15, 0.2) is 17.8 Å². The van der Waals surface area contributed by atoms with Gasteiger partial charge in [-0.25, -0.2) is 0 Å². The largest absolute Gasteiger partial charge is 0.347 e. The van der Waals surface area contributed by atoms with Crippen molar-refractivity contribution in [2.24, 2.45) is 0 Å². The fraction of sp³-hybridized carbons (Fsp3) is 0.400. The van der Waals surface area contributed by atoms with E-state index in [9.17, 15) is 4.79 Å². The number of carbonyl (C=O) groups excluding carboxylic acids is 1. The van der Waals surface area contributed by atoms with Crippen molar-refractivity contribution in [2.75, 3.05) is 13.1 Å². The molecule has 2 N–H and O–H groups in total. The van der Waals surface area contributed by atoms with Gasteiger partial charge < -0.3 is 10.6 Å². The summed E-state index contributed by atoms with van der Waals surface area (Å²) in [6.45, 7) is 1.78. The van der Waals surface area contributed by atoms with Gasteiger partial charge in [0.1, 0.15) is 11.2 Å². The molecule has 1 saturated heterocycles. The highest BCUT2D eigenvalue weighted by atomic mass is 35.5. The Morgan fingerprint density at radius 3 is 3.16 bits per heavy atom.